The molecule has 1 aromatic rings. The Labute approximate surface area is 111 Å². The fraction of sp³-hybridized carbons (Fsp3) is 0.462. The first-order valence-electron chi connectivity index (χ1n) is 6.10. The molecule has 98 valence electrons. The summed E-state index contributed by atoms with van der Waals surface area (Å²) in [5, 5.41) is 9.10. The van der Waals surface area contributed by atoms with Gasteiger partial charge >= 0.3 is 0 Å². The SMILES string of the molecule is NC(=S)c1ccc(N(CCO)C2CCC2)c(F)c1. The second kappa shape index (κ2) is 5.63. The Morgan fingerprint density at radius 3 is 2.67 bits per heavy atom. The number of nitrogens with two attached hydrogens (primary N) is 1. The van der Waals surface area contributed by atoms with Crippen LogP contribution in [0.25, 0.3) is 0 Å². The topological polar surface area (TPSA) is 49.5 Å². The molecular formula is C13H17FN2OS. The summed E-state index contributed by atoms with van der Waals surface area (Å²) in [4.78, 5) is 2.13. The van der Waals surface area contributed by atoms with E-state index in [2.05, 4.69) is 0 Å². The normalized spacial score (nSPS) is 15.2. The molecule has 1 aromatic carbocycles. The number of hydrogen-bond donors (Lipinski definition) is 2. The van der Waals surface area contributed by atoms with Crippen LogP contribution in [0.2, 0.25) is 0 Å². The monoisotopic (exact) mass is 268 g/mol. The third-order valence-corrected chi connectivity index (χ3v) is 3.63. The maximum Gasteiger partial charge on any atom is 0.147 e. The molecule has 0 bridgehead atoms. The van der Waals surface area contributed by atoms with E-state index in [1.54, 1.807) is 12.1 Å². The van der Waals surface area contributed by atoms with Gasteiger partial charge in [0.25, 0.3) is 0 Å². The fourth-order valence-electron chi connectivity index (χ4n) is 2.20. The second-order valence-corrected chi connectivity index (χ2v) is 4.97. The Hall–Kier alpha value is -1.20. The molecule has 0 saturated heterocycles. The van der Waals surface area contributed by atoms with Crippen LogP contribution in [0, 0.1) is 5.82 Å². The molecule has 3 nitrogen and oxygen atoms in total. The first-order valence-corrected chi connectivity index (χ1v) is 6.51. The highest BCUT2D eigenvalue weighted by molar-refractivity contribution is 7.80. The summed E-state index contributed by atoms with van der Waals surface area (Å²) >= 11 is 4.82. The van der Waals surface area contributed by atoms with Gasteiger partial charge in [0.1, 0.15) is 10.8 Å². The highest BCUT2D eigenvalue weighted by atomic mass is 32.1. The molecule has 1 aliphatic carbocycles. The lowest BCUT2D eigenvalue weighted by atomic mass is 9.91. The van der Waals surface area contributed by atoms with Crippen molar-refractivity contribution < 1.29 is 9.50 Å². The van der Waals surface area contributed by atoms with Crippen molar-refractivity contribution in [3.05, 3.63) is 29.6 Å². The zero-order chi connectivity index (χ0) is 13.1. The lowest BCUT2D eigenvalue weighted by Gasteiger charge is -2.39. The second-order valence-electron chi connectivity index (χ2n) is 4.53. The number of aliphatic hydroxyl groups is 1. The summed E-state index contributed by atoms with van der Waals surface area (Å²) < 4.78 is 14.1. The predicted octanol–water partition coefficient (Wildman–Crippen LogP) is 1.81. The Morgan fingerprint density at radius 1 is 1.50 bits per heavy atom. The van der Waals surface area contributed by atoms with Gasteiger partial charge in [-0.1, -0.05) is 12.2 Å². The quantitative estimate of drug-likeness (QED) is 0.800. The predicted molar refractivity (Wildman–Crippen MR) is 74.4 cm³/mol. The average molecular weight is 268 g/mol. The molecule has 5 heteroatoms. The van der Waals surface area contributed by atoms with Gasteiger partial charge in [-0.25, -0.2) is 4.39 Å². The van der Waals surface area contributed by atoms with Crippen molar-refractivity contribution in [2.45, 2.75) is 25.3 Å². The Morgan fingerprint density at radius 2 is 2.22 bits per heavy atom. The van der Waals surface area contributed by atoms with Crippen molar-refractivity contribution in [2.24, 2.45) is 5.73 Å². The third kappa shape index (κ3) is 2.62. The van der Waals surface area contributed by atoms with E-state index in [1.807, 2.05) is 4.90 Å². The van der Waals surface area contributed by atoms with Crippen molar-refractivity contribution >= 4 is 22.9 Å². The van der Waals surface area contributed by atoms with Crippen LogP contribution in [0.15, 0.2) is 18.2 Å². The standard InChI is InChI=1S/C13H17FN2OS/c14-11-8-9(13(15)18)4-5-12(11)16(6-7-17)10-2-1-3-10/h4-5,8,10,17H,1-3,6-7H2,(H2,15,18). The van der Waals surface area contributed by atoms with Gasteiger partial charge in [0.15, 0.2) is 0 Å². The summed E-state index contributed by atoms with van der Waals surface area (Å²) in [5.74, 6) is -0.333. The molecule has 1 aliphatic rings. The molecule has 0 heterocycles. The smallest absolute Gasteiger partial charge is 0.147 e. The lowest BCUT2D eigenvalue weighted by molar-refractivity contribution is 0.283. The molecule has 3 N–H and O–H groups in total. The zero-order valence-electron chi connectivity index (χ0n) is 10.1. The van der Waals surface area contributed by atoms with Gasteiger partial charge in [-0.15, -0.1) is 0 Å². The summed E-state index contributed by atoms with van der Waals surface area (Å²) in [7, 11) is 0. The number of anilines is 1. The molecule has 0 aliphatic heterocycles. The van der Waals surface area contributed by atoms with E-state index in [4.69, 9.17) is 23.1 Å². The molecule has 0 amide bonds. The van der Waals surface area contributed by atoms with Crippen molar-refractivity contribution in [1.29, 1.82) is 0 Å². The molecular weight excluding hydrogens is 251 g/mol. The maximum absolute atomic E-state index is 14.1. The number of thiocarbonyl (C=S) groups is 1. The minimum Gasteiger partial charge on any atom is -0.395 e. The summed E-state index contributed by atoms with van der Waals surface area (Å²) in [6, 6.07) is 5.12. The number of hydrogen-bond acceptors (Lipinski definition) is 3. The van der Waals surface area contributed by atoms with E-state index in [9.17, 15) is 4.39 Å². The molecule has 0 radical (unpaired) electrons. The van der Waals surface area contributed by atoms with E-state index < -0.39 is 0 Å². The Kier molecular flexibility index (Phi) is 4.14. The van der Waals surface area contributed by atoms with Crippen LogP contribution in [0.3, 0.4) is 0 Å². The number of nitrogens with zero attached hydrogens (tertiary/aromatic N) is 1. The van der Waals surface area contributed by atoms with E-state index in [1.165, 1.54) is 12.5 Å². The van der Waals surface area contributed by atoms with Crippen molar-refractivity contribution in [2.75, 3.05) is 18.1 Å². The third-order valence-electron chi connectivity index (χ3n) is 3.40. The van der Waals surface area contributed by atoms with Gasteiger partial charge in [-0.05, 0) is 37.5 Å². The maximum atomic E-state index is 14.1. The largest absolute Gasteiger partial charge is 0.395 e. The highest BCUT2D eigenvalue weighted by Crippen LogP contribution is 2.31. The molecule has 0 unspecified atom stereocenters. The Balaban J connectivity index is 2.26. The van der Waals surface area contributed by atoms with E-state index >= 15 is 0 Å². The van der Waals surface area contributed by atoms with Gasteiger partial charge in [-0.2, -0.15) is 0 Å². The average Bonchev–Trinajstić information content (AvgIpc) is 2.26. The van der Waals surface area contributed by atoms with Crippen LogP contribution in [-0.4, -0.2) is 29.3 Å². The van der Waals surface area contributed by atoms with Gasteiger partial charge in [0, 0.05) is 18.2 Å². The molecule has 0 aromatic heterocycles. The first kappa shape index (κ1) is 13.2. The number of rotatable bonds is 5. The van der Waals surface area contributed by atoms with Crippen LogP contribution >= 0.6 is 12.2 Å². The fourth-order valence-corrected chi connectivity index (χ4v) is 2.33. The summed E-state index contributed by atoms with van der Waals surface area (Å²) in [6.07, 6.45) is 3.27. The zero-order valence-corrected chi connectivity index (χ0v) is 10.9. The van der Waals surface area contributed by atoms with Crippen molar-refractivity contribution in [1.82, 2.24) is 0 Å². The summed E-state index contributed by atoms with van der Waals surface area (Å²) in [5.41, 5.74) is 6.53. The van der Waals surface area contributed by atoms with Crippen LogP contribution in [0.4, 0.5) is 10.1 Å². The minimum atomic E-state index is -0.333. The number of benzene rings is 1. The number of halogens is 1. The van der Waals surface area contributed by atoms with Crippen LogP contribution in [0.5, 0.6) is 0 Å². The van der Waals surface area contributed by atoms with Gasteiger partial charge < -0.3 is 15.7 Å². The molecule has 18 heavy (non-hydrogen) atoms. The van der Waals surface area contributed by atoms with Gasteiger partial charge in [0.05, 0.1) is 12.3 Å². The molecule has 2 rings (SSSR count). The highest BCUT2D eigenvalue weighted by Gasteiger charge is 2.26. The molecule has 0 spiro atoms. The summed E-state index contributed by atoms with van der Waals surface area (Å²) in [6.45, 7) is 0.473. The molecule has 1 fully saturated rings. The molecule has 0 atom stereocenters. The lowest BCUT2D eigenvalue weighted by Crippen LogP contribution is -2.42. The first-order chi connectivity index (χ1) is 8.63. The Bertz CT molecular complexity index is 449. The van der Waals surface area contributed by atoms with E-state index in [0.29, 0.717) is 23.8 Å². The van der Waals surface area contributed by atoms with Crippen molar-refractivity contribution in [3.8, 4) is 0 Å². The molecule has 1 saturated carbocycles. The van der Waals surface area contributed by atoms with E-state index in [0.717, 1.165) is 12.8 Å². The number of aliphatic hydroxyl groups excluding tert-OH is 1. The van der Waals surface area contributed by atoms with Crippen LogP contribution in [0.1, 0.15) is 24.8 Å². The minimum absolute atomic E-state index is 0.0208. The van der Waals surface area contributed by atoms with Crippen molar-refractivity contribution in [3.63, 3.8) is 0 Å². The van der Waals surface area contributed by atoms with Crippen LogP contribution < -0.4 is 10.6 Å². The van der Waals surface area contributed by atoms with Gasteiger partial charge in [-0.3, -0.25) is 0 Å². The van der Waals surface area contributed by atoms with Crippen LogP contribution in [-0.2, 0) is 0 Å². The van der Waals surface area contributed by atoms with E-state index in [-0.39, 0.29) is 17.4 Å². The van der Waals surface area contributed by atoms with Gasteiger partial charge in [0.2, 0.25) is 0 Å².